The van der Waals surface area contributed by atoms with Crippen LogP contribution in [0.4, 0.5) is 5.82 Å². The molecule has 0 aromatic carbocycles. The number of aromatic nitrogens is 4. The molecular formula is C10H15N5. The van der Waals surface area contributed by atoms with Gasteiger partial charge in [-0.15, -0.1) is 0 Å². The maximum Gasteiger partial charge on any atom is 0.254 e. The van der Waals surface area contributed by atoms with Crippen LogP contribution >= 0.6 is 0 Å². The van der Waals surface area contributed by atoms with Gasteiger partial charge in [-0.2, -0.15) is 14.6 Å². The van der Waals surface area contributed by atoms with Crippen LogP contribution in [-0.4, -0.2) is 32.6 Å². The van der Waals surface area contributed by atoms with Gasteiger partial charge in [-0.05, 0) is 20.7 Å². The van der Waals surface area contributed by atoms with E-state index in [-0.39, 0.29) is 17.3 Å². The molecule has 80 valence electrons. The Balaban J connectivity index is 2.79. The first kappa shape index (κ1) is 4.47. The summed E-state index contributed by atoms with van der Waals surface area (Å²) in [5, 5.41) is 3.87. The molecular weight excluding hydrogens is 190 g/mol. The van der Waals surface area contributed by atoms with E-state index < -0.39 is 19.8 Å². The molecule has 2 heterocycles. The van der Waals surface area contributed by atoms with E-state index in [4.69, 9.17) is 9.60 Å². The normalized spacial score (nSPS) is 20.5. The summed E-state index contributed by atoms with van der Waals surface area (Å²) in [5.74, 6) is -0.115. The minimum absolute atomic E-state index is 0.0397. The topological polar surface area (TPSA) is 46.3 Å². The van der Waals surface area contributed by atoms with E-state index in [2.05, 4.69) is 15.1 Å². The first-order chi connectivity index (χ1) is 9.82. The maximum absolute atomic E-state index is 7.87. The lowest BCUT2D eigenvalue weighted by atomic mass is 10.4. The second-order valence-electron chi connectivity index (χ2n) is 2.75. The van der Waals surface area contributed by atoms with Crippen LogP contribution in [0.15, 0.2) is 12.4 Å². The van der Waals surface area contributed by atoms with E-state index in [0.29, 0.717) is 0 Å². The third-order valence-corrected chi connectivity index (χ3v) is 1.91. The largest absolute Gasteiger partial charge is 0.357 e. The second-order valence-corrected chi connectivity index (χ2v) is 2.75. The molecule has 0 atom stereocenters. The van der Waals surface area contributed by atoms with Gasteiger partial charge in [0.15, 0.2) is 0 Å². The monoisotopic (exact) mass is 212 g/mol. The molecule has 0 fully saturated rings. The van der Waals surface area contributed by atoms with Crippen LogP contribution in [0.1, 0.15) is 29.1 Å². The lowest BCUT2D eigenvalue weighted by molar-refractivity contribution is 0.796. The van der Waals surface area contributed by atoms with Crippen LogP contribution in [0.3, 0.4) is 0 Å². The fraction of sp³-hybridized carbons (Fsp3) is 0.500. The summed E-state index contributed by atoms with van der Waals surface area (Å²) < 4.78 is 55.0. The zero-order valence-electron chi connectivity index (χ0n) is 15.4. The fourth-order valence-electron chi connectivity index (χ4n) is 1.30. The molecule has 2 rings (SSSR count). The predicted molar refractivity (Wildman–Crippen MR) is 59.1 cm³/mol. The molecule has 0 bridgehead atoms. The highest BCUT2D eigenvalue weighted by Crippen LogP contribution is 2.14. The van der Waals surface area contributed by atoms with E-state index in [1.54, 1.807) is 0 Å². The quantitative estimate of drug-likeness (QED) is 0.769. The van der Waals surface area contributed by atoms with Gasteiger partial charge in [0.1, 0.15) is 12.1 Å². The van der Waals surface area contributed by atoms with Gasteiger partial charge in [0, 0.05) is 34.3 Å². The Morgan fingerprint density at radius 2 is 2.33 bits per heavy atom. The summed E-state index contributed by atoms with van der Waals surface area (Å²) >= 11 is 0. The summed E-state index contributed by atoms with van der Waals surface area (Å²) in [7, 11) is 0. The third-order valence-electron chi connectivity index (χ3n) is 1.91. The Hall–Kier alpha value is -1.65. The third kappa shape index (κ3) is 1.65. The molecule has 0 radical (unpaired) electrons. The van der Waals surface area contributed by atoms with Gasteiger partial charge in [0.25, 0.3) is 5.78 Å². The highest BCUT2D eigenvalue weighted by molar-refractivity contribution is 5.46. The van der Waals surface area contributed by atoms with Crippen molar-refractivity contribution < 1.29 is 9.60 Å². The van der Waals surface area contributed by atoms with Gasteiger partial charge < -0.3 is 4.90 Å². The first-order valence-electron chi connectivity index (χ1n) is 7.83. The molecule has 0 saturated carbocycles. The summed E-state index contributed by atoms with van der Waals surface area (Å²) in [5.41, 5.74) is -0.304. The Labute approximate surface area is 98.6 Å². The van der Waals surface area contributed by atoms with Crippen molar-refractivity contribution in [3.63, 3.8) is 0 Å². The zero-order valence-corrected chi connectivity index (χ0v) is 8.39. The van der Waals surface area contributed by atoms with Crippen molar-refractivity contribution in [1.82, 2.24) is 19.6 Å². The second kappa shape index (κ2) is 3.84. The van der Waals surface area contributed by atoms with Crippen molar-refractivity contribution in [3.05, 3.63) is 18.1 Å². The summed E-state index contributed by atoms with van der Waals surface area (Å²) in [6, 6.07) is 1.11. The fourth-order valence-corrected chi connectivity index (χ4v) is 1.30. The predicted octanol–water partition coefficient (Wildman–Crippen LogP) is 1.28. The van der Waals surface area contributed by atoms with Crippen LogP contribution in [-0.2, 0) is 0 Å². The van der Waals surface area contributed by atoms with Crippen LogP contribution in [0.25, 0.3) is 5.78 Å². The van der Waals surface area contributed by atoms with Gasteiger partial charge >= 0.3 is 0 Å². The summed E-state index contributed by atoms with van der Waals surface area (Å²) in [6.07, 6.45) is 1.14. The number of hydrogen-bond acceptors (Lipinski definition) is 4. The van der Waals surface area contributed by atoms with Crippen molar-refractivity contribution in [2.24, 2.45) is 0 Å². The Morgan fingerprint density at radius 3 is 3.00 bits per heavy atom. The average molecular weight is 212 g/mol. The van der Waals surface area contributed by atoms with Gasteiger partial charge in [0.05, 0.1) is 0 Å². The Morgan fingerprint density at radius 1 is 1.53 bits per heavy atom. The molecule has 0 spiro atoms. The highest BCUT2D eigenvalue weighted by Gasteiger charge is 2.09. The SMILES string of the molecule is [2H]C([2H])([2H])c1cc(N(C([2H])([2H])C)C([2H])([2H])C)n2ncnc2n1. The van der Waals surface area contributed by atoms with Crippen molar-refractivity contribution in [3.8, 4) is 0 Å². The molecule has 2 aromatic heterocycles. The summed E-state index contributed by atoms with van der Waals surface area (Å²) in [6.45, 7) is -4.40. The van der Waals surface area contributed by atoms with E-state index in [1.165, 1.54) is 13.8 Å². The smallest absolute Gasteiger partial charge is 0.254 e. The van der Waals surface area contributed by atoms with Crippen LogP contribution < -0.4 is 4.90 Å². The molecule has 0 N–H and O–H groups in total. The maximum atomic E-state index is 7.87. The molecule has 0 amide bonds. The number of anilines is 1. The van der Waals surface area contributed by atoms with E-state index in [0.717, 1.165) is 21.8 Å². The number of hydrogen-bond donors (Lipinski definition) is 0. The lowest BCUT2D eigenvalue weighted by Crippen LogP contribution is -2.25. The highest BCUT2D eigenvalue weighted by atomic mass is 15.4. The molecule has 0 unspecified atom stereocenters. The molecule has 15 heavy (non-hydrogen) atoms. The van der Waals surface area contributed by atoms with E-state index in [9.17, 15) is 0 Å². The van der Waals surface area contributed by atoms with Gasteiger partial charge in [-0.1, -0.05) is 0 Å². The number of nitrogens with zero attached hydrogens (tertiary/aromatic N) is 5. The molecule has 2 aromatic rings. The Kier molecular flexibility index (Phi) is 1.14. The lowest BCUT2D eigenvalue weighted by Gasteiger charge is -2.21. The number of fused-ring (bicyclic) bond motifs is 1. The summed E-state index contributed by atoms with van der Waals surface area (Å²) in [4.78, 5) is 8.49. The average Bonchev–Trinajstić information content (AvgIpc) is 2.71. The number of aryl methyl sites for hydroxylation is 1. The van der Waals surface area contributed by atoms with Crippen molar-refractivity contribution >= 4 is 11.6 Å². The van der Waals surface area contributed by atoms with E-state index >= 15 is 0 Å². The van der Waals surface area contributed by atoms with Gasteiger partial charge in [0.2, 0.25) is 0 Å². The van der Waals surface area contributed by atoms with Crippen molar-refractivity contribution in [2.45, 2.75) is 20.7 Å². The van der Waals surface area contributed by atoms with Gasteiger partial charge in [-0.25, -0.2) is 4.98 Å². The van der Waals surface area contributed by atoms with Crippen LogP contribution in [0.2, 0.25) is 0 Å². The molecule has 5 nitrogen and oxygen atoms in total. The van der Waals surface area contributed by atoms with Crippen molar-refractivity contribution in [1.29, 1.82) is 0 Å². The molecule has 0 aliphatic rings. The molecule has 0 saturated heterocycles. The minimum atomic E-state index is -2.53. The minimum Gasteiger partial charge on any atom is -0.357 e. The zero-order chi connectivity index (χ0) is 16.9. The molecule has 5 heteroatoms. The Bertz CT molecular complexity index is 668. The standard InChI is InChI=1S/C10H15N5/c1-4-14(5-2)9-6-8(3)13-10-11-7-12-15(9)10/h6-7H,4-5H2,1-3H3/i3D3,4D2,5D2. The van der Waals surface area contributed by atoms with Gasteiger partial charge in [-0.3, -0.25) is 0 Å². The van der Waals surface area contributed by atoms with E-state index in [1.807, 2.05) is 0 Å². The van der Waals surface area contributed by atoms with Crippen LogP contribution in [0, 0.1) is 6.85 Å². The number of rotatable bonds is 3. The van der Waals surface area contributed by atoms with Crippen molar-refractivity contribution in [2.75, 3.05) is 17.9 Å². The van der Waals surface area contributed by atoms with Crippen LogP contribution in [0.5, 0.6) is 0 Å². The molecule has 0 aliphatic carbocycles. The molecule has 0 aliphatic heterocycles. The first-order valence-corrected chi connectivity index (χ1v) is 4.33.